The highest BCUT2D eigenvalue weighted by Crippen LogP contribution is 2.35. The van der Waals surface area contributed by atoms with Crippen LogP contribution in [0.15, 0.2) is 41.6 Å². The van der Waals surface area contributed by atoms with Crippen LogP contribution in [-0.2, 0) is 24.1 Å². The second-order valence-corrected chi connectivity index (χ2v) is 7.64. The zero-order chi connectivity index (χ0) is 18.1. The Balaban J connectivity index is 1.56. The normalized spacial score (nSPS) is 13.3. The molecule has 0 aliphatic carbocycles. The summed E-state index contributed by atoms with van der Waals surface area (Å²) in [4.78, 5) is 0. The van der Waals surface area contributed by atoms with E-state index < -0.39 is 0 Å². The fourth-order valence-electron chi connectivity index (χ4n) is 2.80. The van der Waals surface area contributed by atoms with Crippen LogP contribution in [0, 0.1) is 0 Å². The Morgan fingerprint density at radius 1 is 1.12 bits per heavy atom. The number of ether oxygens (including phenoxy) is 2. The predicted molar refractivity (Wildman–Crippen MR) is 103 cm³/mol. The Bertz CT molecular complexity index is 944. The molecule has 26 heavy (non-hydrogen) atoms. The molecule has 5 nitrogen and oxygen atoms in total. The van der Waals surface area contributed by atoms with E-state index in [0.29, 0.717) is 22.4 Å². The molecule has 134 valence electrons. The summed E-state index contributed by atoms with van der Waals surface area (Å²) < 4.78 is 13.0. The number of halogens is 2. The van der Waals surface area contributed by atoms with Crippen LogP contribution in [-0.4, -0.2) is 21.6 Å². The van der Waals surface area contributed by atoms with E-state index in [1.54, 1.807) is 11.8 Å². The van der Waals surface area contributed by atoms with Crippen molar-refractivity contribution in [2.24, 2.45) is 7.05 Å². The molecule has 2 aromatic carbocycles. The molecule has 0 fully saturated rings. The number of nitrogens with zero attached hydrogens (tertiary/aromatic N) is 3. The van der Waals surface area contributed by atoms with Gasteiger partial charge in [0.2, 0.25) is 0 Å². The third kappa shape index (κ3) is 3.55. The fourth-order valence-corrected chi connectivity index (χ4v) is 4.06. The standard InChI is InChI=1S/C18H15Cl2N3O2S/c1-23-17(11-2-4-14(19)5-3-11)21-22-18(23)26-9-13-7-15(20)6-12-8-24-10-25-16(12)13/h2-7H,8-10H2,1H3. The first-order valence-corrected chi connectivity index (χ1v) is 9.66. The minimum absolute atomic E-state index is 0.261. The quantitative estimate of drug-likeness (QED) is 0.572. The maximum absolute atomic E-state index is 6.23. The van der Waals surface area contributed by atoms with Gasteiger partial charge < -0.3 is 14.0 Å². The van der Waals surface area contributed by atoms with Gasteiger partial charge in [0, 0.05) is 39.5 Å². The molecule has 0 radical (unpaired) electrons. The molecule has 1 aromatic heterocycles. The summed E-state index contributed by atoms with van der Waals surface area (Å²) in [7, 11) is 1.95. The largest absolute Gasteiger partial charge is 0.467 e. The van der Waals surface area contributed by atoms with Crippen molar-refractivity contribution >= 4 is 35.0 Å². The Kier molecular flexibility index (Phi) is 5.09. The Hall–Kier alpha value is -1.73. The van der Waals surface area contributed by atoms with Crippen LogP contribution in [0.25, 0.3) is 11.4 Å². The maximum Gasteiger partial charge on any atom is 0.191 e. The van der Waals surface area contributed by atoms with Gasteiger partial charge >= 0.3 is 0 Å². The van der Waals surface area contributed by atoms with E-state index in [0.717, 1.165) is 33.4 Å². The molecule has 0 atom stereocenters. The highest BCUT2D eigenvalue weighted by atomic mass is 35.5. The molecule has 8 heteroatoms. The van der Waals surface area contributed by atoms with Gasteiger partial charge in [0.05, 0.1) is 6.61 Å². The molecule has 0 N–H and O–H groups in total. The smallest absolute Gasteiger partial charge is 0.191 e. The van der Waals surface area contributed by atoms with E-state index in [2.05, 4.69) is 10.2 Å². The third-order valence-electron chi connectivity index (χ3n) is 4.05. The third-order valence-corrected chi connectivity index (χ3v) is 5.59. The zero-order valence-corrected chi connectivity index (χ0v) is 16.2. The number of fused-ring (bicyclic) bond motifs is 1. The lowest BCUT2D eigenvalue weighted by Gasteiger charge is -2.20. The minimum atomic E-state index is 0.261. The lowest BCUT2D eigenvalue weighted by molar-refractivity contribution is -0.0168. The van der Waals surface area contributed by atoms with E-state index in [1.165, 1.54) is 0 Å². The second kappa shape index (κ2) is 7.48. The van der Waals surface area contributed by atoms with Gasteiger partial charge in [-0.05, 0) is 36.4 Å². The van der Waals surface area contributed by atoms with Crippen molar-refractivity contribution in [2.75, 3.05) is 6.79 Å². The van der Waals surface area contributed by atoms with Crippen LogP contribution in [0.5, 0.6) is 5.75 Å². The monoisotopic (exact) mass is 407 g/mol. The molecule has 2 heterocycles. The molecule has 0 unspecified atom stereocenters. The molecule has 0 spiro atoms. The lowest BCUT2D eigenvalue weighted by atomic mass is 10.1. The van der Waals surface area contributed by atoms with Crippen molar-refractivity contribution in [1.82, 2.24) is 14.8 Å². The van der Waals surface area contributed by atoms with Crippen LogP contribution in [0.4, 0.5) is 0 Å². The molecule has 0 amide bonds. The van der Waals surface area contributed by atoms with Crippen molar-refractivity contribution in [2.45, 2.75) is 17.5 Å². The molecule has 0 saturated heterocycles. The summed E-state index contributed by atoms with van der Waals surface area (Å²) in [6.45, 7) is 0.773. The van der Waals surface area contributed by atoms with Gasteiger partial charge in [0.15, 0.2) is 17.8 Å². The molecular formula is C18H15Cl2N3O2S. The van der Waals surface area contributed by atoms with Crippen LogP contribution < -0.4 is 4.74 Å². The van der Waals surface area contributed by atoms with E-state index in [9.17, 15) is 0 Å². The number of aromatic nitrogens is 3. The average Bonchev–Trinajstić information content (AvgIpc) is 3.01. The van der Waals surface area contributed by atoms with Crippen LogP contribution in [0.1, 0.15) is 11.1 Å². The maximum atomic E-state index is 6.23. The van der Waals surface area contributed by atoms with Gasteiger partial charge in [-0.3, -0.25) is 0 Å². The van der Waals surface area contributed by atoms with Gasteiger partial charge in [-0.1, -0.05) is 35.0 Å². The SMILES string of the molecule is Cn1c(SCc2cc(Cl)cc3c2OCOC3)nnc1-c1ccc(Cl)cc1. The van der Waals surface area contributed by atoms with Gasteiger partial charge in [0.1, 0.15) is 5.75 Å². The summed E-state index contributed by atoms with van der Waals surface area (Å²) in [5, 5.41) is 10.8. The highest BCUT2D eigenvalue weighted by molar-refractivity contribution is 7.98. The summed E-state index contributed by atoms with van der Waals surface area (Å²) in [5.41, 5.74) is 2.97. The number of thioether (sulfide) groups is 1. The van der Waals surface area contributed by atoms with Crippen molar-refractivity contribution in [3.8, 4) is 17.1 Å². The molecule has 0 bridgehead atoms. The first-order chi connectivity index (χ1) is 12.6. The zero-order valence-electron chi connectivity index (χ0n) is 13.9. The lowest BCUT2D eigenvalue weighted by Crippen LogP contribution is -2.13. The van der Waals surface area contributed by atoms with E-state index in [-0.39, 0.29) is 6.79 Å². The molecular weight excluding hydrogens is 393 g/mol. The second-order valence-electron chi connectivity index (χ2n) is 5.82. The van der Waals surface area contributed by atoms with Crippen molar-refractivity contribution < 1.29 is 9.47 Å². The van der Waals surface area contributed by atoms with Crippen molar-refractivity contribution in [3.05, 3.63) is 57.6 Å². The van der Waals surface area contributed by atoms with Gasteiger partial charge in [0.25, 0.3) is 0 Å². The number of rotatable bonds is 4. The summed E-state index contributed by atoms with van der Waals surface area (Å²) >= 11 is 13.8. The van der Waals surface area contributed by atoms with E-state index >= 15 is 0 Å². The Morgan fingerprint density at radius 3 is 2.73 bits per heavy atom. The summed E-state index contributed by atoms with van der Waals surface area (Å²) in [6.07, 6.45) is 0. The molecule has 1 aliphatic rings. The minimum Gasteiger partial charge on any atom is -0.467 e. The number of benzene rings is 2. The van der Waals surface area contributed by atoms with Gasteiger partial charge in [-0.15, -0.1) is 10.2 Å². The van der Waals surface area contributed by atoms with Crippen LogP contribution in [0.3, 0.4) is 0 Å². The molecule has 4 rings (SSSR count). The average molecular weight is 408 g/mol. The molecule has 3 aromatic rings. The first kappa shape index (κ1) is 17.7. The summed E-state index contributed by atoms with van der Waals surface area (Å²) in [6, 6.07) is 11.4. The summed E-state index contributed by atoms with van der Waals surface area (Å²) in [5.74, 6) is 2.32. The topological polar surface area (TPSA) is 49.2 Å². The van der Waals surface area contributed by atoms with Gasteiger partial charge in [-0.25, -0.2) is 0 Å². The highest BCUT2D eigenvalue weighted by Gasteiger charge is 2.18. The van der Waals surface area contributed by atoms with Crippen LogP contribution in [0.2, 0.25) is 10.0 Å². The van der Waals surface area contributed by atoms with Gasteiger partial charge in [-0.2, -0.15) is 0 Å². The Labute approximate surface area is 165 Å². The Morgan fingerprint density at radius 2 is 1.92 bits per heavy atom. The van der Waals surface area contributed by atoms with Crippen molar-refractivity contribution in [1.29, 1.82) is 0 Å². The van der Waals surface area contributed by atoms with E-state index in [1.807, 2.05) is 48.0 Å². The van der Waals surface area contributed by atoms with Crippen molar-refractivity contribution in [3.63, 3.8) is 0 Å². The fraction of sp³-hybridized carbons (Fsp3) is 0.222. The molecule has 1 aliphatic heterocycles. The molecule has 0 saturated carbocycles. The number of hydrogen-bond donors (Lipinski definition) is 0. The van der Waals surface area contributed by atoms with E-state index in [4.69, 9.17) is 32.7 Å². The predicted octanol–water partition coefficient (Wildman–Crippen LogP) is 4.95. The van der Waals surface area contributed by atoms with Crippen LogP contribution >= 0.6 is 35.0 Å². The number of hydrogen-bond acceptors (Lipinski definition) is 5. The first-order valence-electron chi connectivity index (χ1n) is 7.92.